The van der Waals surface area contributed by atoms with E-state index in [0.717, 1.165) is 43.9 Å². The molecule has 5 nitrogen and oxygen atoms in total. The monoisotopic (exact) mass is 277 g/mol. The maximum Gasteiger partial charge on any atom is 0.239 e. The van der Waals surface area contributed by atoms with Crippen LogP contribution in [0.4, 0.5) is 0 Å². The largest absolute Gasteiger partial charge is 0.494 e. The van der Waals surface area contributed by atoms with Gasteiger partial charge in [0.2, 0.25) is 5.91 Å². The zero-order valence-electron chi connectivity index (χ0n) is 12.0. The molecule has 0 aromatic heterocycles. The van der Waals surface area contributed by atoms with Crippen LogP contribution in [0.25, 0.3) is 0 Å². The first-order chi connectivity index (χ1) is 9.74. The van der Waals surface area contributed by atoms with Crippen LogP contribution >= 0.6 is 0 Å². The maximum atomic E-state index is 12.0. The van der Waals surface area contributed by atoms with Crippen LogP contribution in [-0.4, -0.2) is 43.6 Å². The number of carbonyl (C=O) groups excluding carboxylic acids is 1. The summed E-state index contributed by atoms with van der Waals surface area (Å²) in [4.78, 5) is 14.1. The Balaban J connectivity index is 2.30. The van der Waals surface area contributed by atoms with Crippen LogP contribution in [0.3, 0.4) is 0 Å². The second-order valence-electron chi connectivity index (χ2n) is 4.92. The number of carbonyl (C=O) groups is 1. The van der Waals surface area contributed by atoms with Gasteiger partial charge in [0.1, 0.15) is 11.8 Å². The molecule has 1 aromatic carbocycles. The molecule has 1 aliphatic rings. The highest BCUT2D eigenvalue weighted by Gasteiger charge is 2.28. The third-order valence-electron chi connectivity index (χ3n) is 3.52. The molecule has 1 aliphatic heterocycles. The molecule has 2 rings (SSSR count). The molecule has 5 heteroatoms. The van der Waals surface area contributed by atoms with Gasteiger partial charge in [0.25, 0.3) is 0 Å². The summed E-state index contributed by atoms with van der Waals surface area (Å²) < 4.78 is 5.64. The predicted molar refractivity (Wildman–Crippen MR) is 78.6 cm³/mol. The van der Waals surface area contributed by atoms with Crippen LogP contribution in [0.5, 0.6) is 5.75 Å². The fourth-order valence-corrected chi connectivity index (χ4v) is 2.65. The molecule has 20 heavy (non-hydrogen) atoms. The number of nitrogens with zero attached hydrogens (tertiary/aromatic N) is 1. The van der Waals surface area contributed by atoms with E-state index in [1.807, 2.05) is 31.2 Å². The lowest BCUT2D eigenvalue weighted by molar-refractivity contribution is -0.123. The lowest BCUT2D eigenvalue weighted by atomic mass is 10.0. The molecule has 0 aliphatic carbocycles. The molecule has 1 atom stereocenters. The van der Waals surface area contributed by atoms with E-state index >= 15 is 0 Å². The van der Waals surface area contributed by atoms with E-state index in [-0.39, 0.29) is 5.91 Å². The van der Waals surface area contributed by atoms with Gasteiger partial charge < -0.3 is 15.8 Å². The minimum Gasteiger partial charge on any atom is -0.494 e. The fourth-order valence-electron chi connectivity index (χ4n) is 2.65. The zero-order chi connectivity index (χ0) is 14.4. The summed E-state index contributed by atoms with van der Waals surface area (Å²) in [5, 5.41) is 3.34. The molecule has 0 bridgehead atoms. The van der Waals surface area contributed by atoms with Gasteiger partial charge in [0, 0.05) is 25.2 Å². The number of rotatable bonds is 5. The lowest BCUT2D eigenvalue weighted by Gasteiger charge is -2.29. The Bertz CT molecular complexity index is 442. The molecular formula is C15H23N3O2. The summed E-state index contributed by atoms with van der Waals surface area (Å²) in [6, 6.07) is 7.24. The molecule has 3 N–H and O–H groups in total. The second-order valence-corrected chi connectivity index (χ2v) is 4.92. The Morgan fingerprint density at radius 1 is 1.40 bits per heavy atom. The second kappa shape index (κ2) is 7.26. The first kappa shape index (κ1) is 14.8. The summed E-state index contributed by atoms with van der Waals surface area (Å²) in [6.45, 7) is 6.04. The topological polar surface area (TPSA) is 67.6 Å². The molecule has 0 spiro atoms. The van der Waals surface area contributed by atoms with Gasteiger partial charge in [-0.2, -0.15) is 0 Å². The molecule has 1 aromatic rings. The number of amides is 1. The van der Waals surface area contributed by atoms with Crippen LogP contribution in [0.2, 0.25) is 0 Å². The first-order valence-corrected chi connectivity index (χ1v) is 7.20. The first-order valence-electron chi connectivity index (χ1n) is 7.20. The van der Waals surface area contributed by atoms with Gasteiger partial charge in [-0.3, -0.25) is 9.69 Å². The van der Waals surface area contributed by atoms with Crippen molar-refractivity contribution in [3.63, 3.8) is 0 Å². The fraction of sp³-hybridized carbons (Fsp3) is 0.533. The summed E-state index contributed by atoms with van der Waals surface area (Å²) in [5.74, 6) is 0.426. The summed E-state index contributed by atoms with van der Waals surface area (Å²) >= 11 is 0. The van der Waals surface area contributed by atoms with E-state index in [0.29, 0.717) is 6.61 Å². The van der Waals surface area contributed by atoms with Gasteiger partial charge in [0.05, 0.1) is 6.61 Å². The molecular weight excluding hydrogens is 254 g/mol. The average molecular weight is 277 g/mol. The lowest BCUT2D eigenvalue weighted by Crippen LogP contribution is -2.40. The van der Waals surface area contributed by atoms with E-state index in [1.165, 1.54) is 0 Å². The smallest absolute Gasteiger partial charge is 0.239 e. The SMILES string of the molecule is CCOc1ccccc1C(C(N)=O)N1CCCNCC1. The van der Waals surface area contributed by atoms with Crippen molar-refractivity contribution in [2.45, 2.75) is 19.4 Å². The van der Waals surface area contributed by atoms with Crippen LogP contribution in [-0.2, 0) is 4.79 Å². The van der Waals surface area contributed by atoms with Crippen LogP contribution in [0.1, 0.15) is 24.9 Å². The van der Waals surface area contributed by atoms with E-state index in [2.05, 4.69) is 10.2 Å². The Morgan fingerprint density at radius 2 is 2.20 bits per heavy atom. The van der Waals surface area contributed by atoms with Gasteiger partial charge in [-0.25, -0.2) is 0 Å². The van der Waals surface area contributed by atoms with E-state index in [4.69, 9.17) is 10.5 Å². The average Bonchev–Trinajstić information content (AvgIpc) is 2.70. The van der Waals surface area contributed by atoms with E-state index < -0.39 is 6.04 Å². The third kappa shape index (κ3) is 3.49. The Hall–Kier alpha value is -1.59. The Kier molecular flexibility index (Phi) is 5.38. The van der Waals surface area contributed by atoms with Crippen LogP contribution in [0.15, 0.2) is 24.3 Å². The van der Waals surface area contributed by atoms with Crippen molar-refractivity contribution in [3.8, 4) is 5.75 Å². The summed E-state index contributed by atoms with van der Waals surface area (Å²) in [6.07, 6.45) is 1.01. The quantitative estimate of drug-likeness (QED) is 0.839. The summed E-state index contributed by atoms with van der Waals surface area (Å²) in [7, 11) is 0. The van der Waals surface area contributed by atoms with Crippen molar-refractivity contribution in [1.29, 1.82) is 0 Å². The number of ether oxygens (including phenoxy) is 1. The standard InChI is InChI=1S/C15H23N3O2/c1-2-20-13-7-4-3-6-12(13)14(15(16)19)18-10-5-8-17-9-11-18/h3-4,6-7,14,17H,2,5,8-11H2,1H3,(H2,16,19). The van der Waals surface area contributed by atoms with E-state index in [1.54, 1.807) is 0 Å². The number of para-hydroxylation sites is 1. The van der Waals surface area contributed by atoms with Gasteiger partial charge in [-0.05, 0) is 26.0 Å². The van der Waals surface area contributed by atoms with Crippen molar-refractivity contribution < 1.29 is 9.53 Å². The van der Waals surface area contributed by atoms with Crippen molar-refractivity contribution in [2.75, 3.05) is 32.8 Å². The van der Waals surface area contributed by atoms with Crippen LogP contribution < -0.4 is 15.8 Å². The highest BCUT2D eigenvalue weighted by Crippen LogP contribution is 2.29. The molecule has 1 amide bonds. The third-order valence-corrected chi connectivity index (χ3v) is 3.52. The molecule has 0 radical (unpaired) electrons. The summed E-state index contributed by atoms with van der Waals surface area (Å²) in [5.41, 5.74) is 6.52. The highest BCUT2D eigenvalue weighted by molar-refractivity contribution is 5.82. The van der Waals surface area contributed by atoms with Crippen molar-refractivity contribution in [1.82, 2.24) is 10.2 Å². The highest BCUT2D eigenvalue weighted by atomic mass is 16.5. The number of nitrogens with two attached hydrogens (primary N) is 1. The number of benzene rings is 1. The van der Waals surface area contributed by atoms with E-state index in [9.17, 15) is 4.79 Å². The van der Waals surface area contributed by atoms with Crippen molar-refractivity contribution in [2.24, 2.45) is 5.73 Å². The minimum absolute atomic E-state index is 0.320. The molecule has 110 valence electrons. The van der Waals surface area contributed by atoms with Gasteiger partial charge >= 0.3 is 0 Å². The molecule has 1 fully saturated rings. The number of primary amides is 1. The molecule has 0 saturated carbocycles. The zero-order valence-corrected chi connectivity index (χ0v) is 12.0. The molecule has 1 heterocycles. The minimum atomic E-state index is -0.419. The predicted octanol–water partition coefficient (Wildman–Crippen LogP) is 0.907. The normalized spacial score (nSPS) is 18.2. The number of nitrogens with one attached hydrogen (secondary N) is 1. The van der Waals surface area contributed by atoms with Gasteiger partial charge in [-0.15, -0.1) is 0 Å². The number of hydrogen-bond acceptors (Lipinski definition) is 4. The van der Waals surface area contributed by atoms with Crippen LogP contribution in [0, 0.1) is 0 Å². The Morgan fingerprint density at radius 3 is 2.95 bits per heavy atom. The van der Waals surface area contributed by atoms with Gasteiger partial charge in [-0.1, -0.05) is 18.2 Å². The number of hydrogen-bond donors (Lipinski definition) is 2. The molecule has 1 saturated heterocycles. The van der Waals surface area contributed by atoms with Crippen molar-refractivity contribution >= 4 is 5.91 Å². The van der Waals surface area contributed by atoms with Crippen molar-refractivity contribution in [3.05, 3.63) is 29.8 Å². The van der Waals surface area contributed by atoms with Gasteiger partial charge in [0.15, 0.2) is 0 Å². The molecule has 1 unspecified atom stereocenters. The maximum absolute atomic E-state index is 12.0. The Labute approximate surface area is 120 Å².